The van der Waals surface area contributed by atoms with Crippen LogP contribution in [0.1, 0.15) is 27.8 Å². The molecule has 34 heavy (non-hydrogen) atoms. The van der Waals surface area contributed by atoms with Crippen molar-refractivity contribution in [2.75, 3.05) is 11.9 Å². The average Bonchev–Trinajstić information content (AvgIpc) is 3.28. The van der Waals surface area contributed by atoms with E-state index in [9.17, 15) is 22.8 Å². The molecule has 0 spiro atoms. The molecule has 0 aliphatic heterocycles. The molecule has 0 aliphatic carbocycles. The minimum absolute atomic E-state index is 0.0502. The van der Waals surface area contributed by atoms with E-state index in [1.807, 2.05) is 0 Å². The third-order valence-electron chi connectivity index (χ3n) is 4.71. The van der Waals surface area contributed by atoms with Gasteiger partial charge in [-0.25, -0.2) is 27.6 Å². The number of rotatable bonds is 6. The lowest BCUT2D eigenvalue weighted by Crippen LogP contribution is -2.15. The summed E-state index contributed by atoms with van der Waals surface area (Å²) in [5, 5.41) is 6.73. The van der Waals surface area contributed by atoms with E-state index in [2.05, 4.69) is 15.4 Å². The maximum absolute atomic E-state index is 14.0. The molecule has 0 saturated heterocycles. The average molecular weight is 466 g/mol. The molecular weight excluding hydrogens is 449 g/mol. The summed E-state index contributed by atoms with van der Waals surface area (Å²) in [6.07, 6.45) is 1.56. The maximum Gasteiger partial charge on any atom is 0.358 e. The number of aromatic nitrogens is 3. The van der Waals surface area contributed by atoms with Crippen molar-refractivity contribution in [3.63, 3.8) is 0 Å². The highest BCUT2D eigenvalue weighted by Gasteiger charge is 2.20. The van der Waals surface area contributed by atoms with E-state index in [-0.39, 0.29) is 18.0 Å². The third-order valence-corrected chi connectivity index (χ3v) is 4.71. The van der Waals surface area contributed by atoms with Gasteiger partial charge < -0.3 is 10.1 Å². The standard InChI is InChI=1S/C24H17F3N4O3/c1-2-34-24(33)19-13-20(31(30-19)21-8-3-4-9-28-21)14-6-5-7-16(10-14)29-23(32)17-11-15(25)12-18(26)22(17)27/h3-13H,2H2,1H3,(H,29,32). The second kappa shape index (κ2) is 9.57. The maximum atomic E-state index is 14.0. The van der Waals surface area contributed by atoms with Crippen LogP contribution in [-0.4, -0.2) is 33.2 Å². The van der Waals surface area contributed by atoms with E-state index >= 15 is 0 Å². The molecule has 0 radical (unpaired) electrons. The van der Waals surface area contributed by atoms with Crippen LogP contribution in [0.2, 0.25) is 0 Å². The van der Waals surface area contributed by atoms with Crippen molar-refractivity contribution in [1.82, 2.24) is 14.8 Å². The van der Waals surface area contributed by atoms with Gasteiger partial charge in [-0.15, -0.1) is 0 Å². The van der Waals surface area contributed by atoms with Crippen molar-refractivity contribution in [3.8, 4) is 17.1 Å². The molecule has 4 rings (SSSR count). The van der Waals surface area contributed by atoms with Crippen LogP contribution < -0.4 is 5.32 Å². The fourth-order valence-electron chi connectivity index (χ4n) is 3.22. The van der Waals surface area contributed by atoms with Gasteiger partial charge in [0.15, 0.2) is 23.1 Å². The van der Waals surface area contributed by atoms with Gasteiger partial charge in [-0.2, -0.15) is 5.10 Å². The summed E-state index contributed by atoms with van der Waals surface area (Å²) in [7, 11) is 0. The van der Waals surface area contributed by atoms with Crippen LogP contribution in [0.15, 0.2) is 66.9 Å². The van der Waals surface area contributed by atoms with Crippen LogP contribution in [0.4, 0.5) is 18.9 Å². The Morgan fingerprint density at radius 2 is 1.85 bits per heavy atom. The number of hydrogen-bond acceptors (Lipinski definition) is 5. The summed E-state index contributed by atoms with van der Waals surface area (Å²) in [5.41, 5.74) is 0.483. The highest BCUT2D eigenvalue weighted by molar-refractivity contribution is 6.04. The number of nitrogens with one attached hydrogen (secondary N) is 1. The number of carbonyl (C=O) groups is 2. The van der Waals surface area contributed by atoms with Crippen LogP contribution in [0.3, 0.4) is 0 Å². The largest absolute Gasteiger partial charge is 0.461 e. The topological polar surface area (TPSA) is 86.1 Å². The molecule has 4 aromatic rings. The van der Waals surface area contributed by atoms with Gasteiger partial charge in [-0.3, -0.25) is 4.79 Å². The molecular formula is C24H17F3N4O3. The lowest BCUT2D eigenvalue weighted by molar-refractivity contribution is 0.0518. The predicted molar refractivity (Wildman–Crippen MR) is 117 cm³/mol. The Bertz CT molecular complexity index is 1370. The first-order valence-electron chi connectivity index (χ1n) is 10.1. The number of ether oxygens (including phenoxy) is 1. The number of carbonyl (C=O) groups excluding carboxylic acids is 2. The molecule has 1 N–H and O–H groups in total. The lowest BCUT2D eigenvalue weighted by atomic mass is 10.1. The van der Waals surface area contributed by atoms with Gasteiger partial charge in [0.25, 0.3) is 5.91 Å². The molecule has 0 atom stereocenters. The molecule has 2 aromatic carbocycles. The molecule has 0 unspecified atom stereocenters. The van der Waals surface area contributed by atoms with Crippen molar-refractivity contribution in [3.05, 3.63) is 95.6 Å². The molecule has 0 saturated carbocycles. The highest BCUT2D eigenvalue weighted by Crippen LogP contribution is 2.27. The number of pyridine rings is 1. The Kier molecular flexibility index (Phi) is 6.39. The van der Waals surface area contributed by atoms with Crippen LogP contribution in [-0.2, 0) is 4.74 Å². The molecule has 1 amide bonds. The second-order valence-corrected chi connectivity index (χ2v) is 7.02. The van der Waals surface area contributed by atoms with Gasteiger partial charge in [-0.1, -0.05) is 18.2 Å². The smallest absolute Gasteiger partial charge is 0.358 e. The minimum atomic E-state index is -1.47. The molecule has 0 aliphatic rings. The number of amides is 1. The van der Waals surface area contributed by atoms with Gasteiger partial charge >= 0.3 is 5.97 Å². The normalized spacial score (nSPS) is 10.7. The van der Waals surface area contributed by atoms with Crippen molar-refractivity contribution in [1.29, 1.82) is 0 Å². The van der Waals surface area contributed by atoms with Crippen molar-refractivity contribution < 1.29 is 27.5 Å². The predicted octanol–water partition coefficient (Wildman–Crippen LogP) is 4.78. The SMILES string of the molecule is CCOC(=O)c1cc(-c2cccc(NC(=O)c3cc(F)cc(F)c3F)c2)n(-c2ccccn2)n1. The van der Waals surface area contributed by atoms with Crippen molar-refractivity contribution in [2.45, 2.75) is 6.92 Å². The van der Waals surface area contributed by atoms with Gasteiger partial charge in [0, 0.05) is 23.5 Å². The first kappa shape index (κ1) is 22.7. The van der Waals surface area contributed by atoms with E-state index < -0.39 is 34.9 Å². The van der Waals surface area contributed by atoms with Gasteiger partial charge in [0.05, 0.1) is 17.9 Å². The quantitative estimate of drug-likeness (QED) is 0.327. The lowest BCUT2D eigenvalue weighted by Gasteiger charge is -2.10. The van der Waals surface area contributed by atoms with Gasteiger partial charge in [0.1, 0.15) is 5.82 Å². The van der Waals surface area contributed by atoms with Crippen molar-refractivity contribution in [2.24, 2.45) is 0 Å². The highest BCUT2D eigenvalue weighted by atomic mass is 19.2. The number of esters is 1. The summed E-state index contributed by atoms with van der Waals surface area (Å²) in [5.74, 6) is -5.22. The van der Waals surface area contributed by atoms with E-state index in [1.54, 1.807) is 43.5 Å². The number of nitrogens with zero attached hydrogens (tertiary/aromatic N) is 3. The summed E-state index contributed by atoms with van der Waals surface area (Å²) in [4.78, 5) is 29.0. The summed E-state index contributed by atoms with van der Waals surface area (Å²) < 4.78 is 47.5. The molecule has 172 valence electrons. The number of hydrogen-bond donors (Lipinski definition) is 1. The number of anilines is 1. The van der Waals surface area contributed by atoms with Gasteiger partial charge in [0.2, 0.25) is 0 Å². The van der Waals surface area contributed by atoms with E-state index in [1.165, 1.54) is 22.9 Å². The Labute approximate surface area is 191 Å². The van der Waals surface area contributed by atoms with E-state index in [0.29, 0.717) is 29.2 Å². The zero-order valence-corrected chi connectivity index (χ0v) is 17.8. The summed E-state index contributed by atoms with van der Waals surface area (Å²) in [6, 6.07) is 14.0. The van der Waals surface area contributed by atoms with Crippen LogP contribution in [0, 0.1) is 17.5 Å². The molecule has 0 fully saturated rings. The molecule has 2 heterocycles. The zero-order valence-electron chi connectivity index (χ0n) is 17.8. The minimum Gasteiger partial charge on any atom is -0.461 e. The Morgan fingerprint density at radius 1 is 1.03 bits per heavy atom. The van der Waals surface area contributed by atoms with Gasteiger partial charge in [-0.05, 0) is 43.3 Å². The summed E-state index contributed by atoms with van der Waals surface area (Å²) in [6.45, 7) is 1.84. The Hall–Kier alpha value is -4.47. The molecule has 0 bridgehead atoms. The van der Waals surface area contributed by atoms with Crippen molar-refractivity contribution >= 4 is 17.6 Å². The first-order valence-corrected chi connectivity index (χ1v) is 10.1. The third kappa shape index (κ3) is 4.65. The second-order valence-electron chi connectivity index (χ2n) is 7.02. The fourth-order valence-corrected chi connectivity index (χ4v) is 3.22. The van der Waals surface area contributed by atoms with Crippen LogP contribution in [0.25, 0.3) is 17.1 Å². The van der Waals surface area contributed by atoms with Crippen LogP contribution in [0.5, 0.6) is 0 Å². The number of halogens is 3. The molecule has 10 heteroatoms. The Morgan fingerprint density at radius 3 is 2.59 bits per heavy atom. The van der Waals surface area contributed by atoms with E-state index in [4.69, 9.17) is 4.74 Å². The first-order chi connectivity index (χ1) is 16.4. The van der Waals surface area contributed by atoms with E-state index in [0.717, 1.165) is 0 Å². The number of benzene rings is 2. The monoisotopic (exact) mass is 466 g/mol. The van der Waals surface area contributed by atoms with Crippen LogP contribution >= 0.6 is 0 Å². The fraction of sp³-hybridized carbons (Fsp3) is 0.0833. The summed E-state index contributed by atoms with van der Waals surface area (Å²) >= 11 is 0. The molecule has 2 aromatic heterocycles. The molecule has 7 nitrogen and oxygen atoms in total. The Balaban J connectivity index is 1.71. The zero-order chi connectivity index (χ0) is 24.2.